The van der Waals surface area contributed by atoms with Crippen molar-refractivity contribution in [2.45, 2.75) is 19.3 Å². The summed E-state index contributed by atoms with van der Waals surface area (Å²) in [6, 6.07) is 19.5. The quantitative estimate of drug-likeness (QED) is 0.469. The van der Waals surface area contributed by atoms with Gasteiger partial charge in [0.05, 0.1) is 16.2 Å². The van der Waals surface area contributed by atoms with Crippen LogP contribution in [0.4, 0.5) is 4.39 Å². The van der Waals surface area contributed by atoms with Crippen molar-refractivity contribution in [3.63, 3.8) is 0 Å². The zero-order valence-corrected chi connectivity index (χ0v) is 16.6. The van der Waals surface area contributed by atoms with Crippen LogP contribution in [-0.4, -0.2) is 10.1 Å². The summed E-state index contributed by atoms with van der Waals surface area (Å²) < 4.78 is 25.4. The molecule has 30 heavy (non-hydrogen) atoms. The van der Waals surface area contributed by atoms with Crippen LogP contribution in [0.25, 0.3) is 10.9 Å². The number of nitrogens with zero attached hydrogens (tertiary/aromatic N) is 1. The molecule has 1 atom stereocenters. The van der Waals surface area contributed by atoms with E-state index in [1.165, 1.54) is 12.1 Å². The van der Waals surface area contributed by atoms with Gasteiger partial charge < -0.3 is 14.6 Å². The number of aliphatic hydroxyl groups excluding tert-OH is 1. The van der Waals surface area contributed by atoms with E-state index in [1.807, 2.05) is 24.3 Å². The van der Waals surface area contributed by atoms with Crippen molar-refractivity contribution < 1.29 is 19.0 Å². The van der Waals surface area contributed by atoms with E-state index >= 15 is 0 Å². The van der Waals surface area contributed by atoms with Gasteiger partial charge in [-0.2, -0.15) is 0 Å². The van der Waals surface area contributed by atoms with E-state index in [4.69, 9.17) is 21.1 Å². The molecular weight excluding hydrogens is 405 g/mol. The summed E-state index contributed by atoms with van der Waals surface area (Å²) in [5, 5.41) is 11.6. The van der Waals surface area contributed by atoms with E-state index in [0.29, 0.717) is 40.3 Å². The first-order valence-electron chi connectivity index (χ1n) is 9.48. The largest absolute Gasteiger partial charge is 0.488 e. The second-order valence-electron chi connectivity index (χ2n) is 7.14. The first kappa shape index (κ1) is 18.9. The van der Waals surface area contributed by atoms with Crippen molar-refractivity contribution in [2.24, 2.45) is 0 Å². The lowest BCUT2D eigenvalue weighted by Crippen LogP contribution is -2.02. The van der Waals surface area contributed by atoms with Gasteiger partial charge in [0.1, 0.15) is 36.6 Å². The smallest absolute Gasteiger partial charge is 0.142 e. The lowest BCUT2D eigenvalue weighted by atomic mass is 9.97. The normalized spacial score (nSPS) is 15.1. The maximum atomic E-state index is 13.6. The maximum absolute atomic E-state index is 13.6. The molecule has 1 aliphatic rings. The number of hydrogen-bond acceptors (Lipinski definition) is 4. The third kappa shape index (κ3) is 3.47. The average Bonchev–Trinajstić information content (AvgIpc) is 2.90. The Balaban J connectivity index is 1.39. The monoisotopic (exact) mass is 421 g/mol. The summed E-state index contributed by atoms with van der Waals surface area (Å²) in [6.45, 7) is 0.627. The number of aromatic nitrogens is 1. The topological polar surface area (TPSA) is 51.6 Å². The van der Waals surface area contributed by atoms with E-state index in [-0.39, 0.29) is 11.6 Å². The molecule has 150 valence electrons. The molecule has 0 aliphatic carbocycles. The van der Waals surface area contributed by atoms with Crippen LogP contribution in [-0.2, 0) is 13.2 Å². The van der Waals surface area contributed by atoms with Gasteiger partial charge in [0, 0.05) is 10.9 Å². The number of hydrogen-bond donors (Lipinski definition) is 1. The second kappa shape index (κ2) is 7.59. The lowest BCUT2D eigenvalue weighted by molar-refractivity contribution is 0.217. The predicted molar refractivity (Wildman–Crippen MR) is 112 cm³/mol. The van der Waals surface area contributed by atoms with Crippen LogP contribution in [0.15, 0.2) is 66.7 Å². The maximum Gasteiger partial charge on any atom is 0.142 e. The van der Waals surface area contributed by atoms with Crippen LogP contribution in [0.3, 0.4) is 0 Å². The van der Waals surface area contributed by atoms with Gasteiger partial charge in [0.2, 0.25) is 0 Å². The van der Waals surface area contributed by atoms with Crippen LogP contribution in [0, 0.1) is 5.82 Å². The molecule has 1 unspecified atom stereocenters. The first-order chi connectivity index (χ1) is 14.6. The first-order valence-corrected chi connectivity index (χ1v) is 9.86. The summed E-state index contributed by atoms with van der Waals surface area (Å²) in [5.74, 6) is 0.753. The molecule has 1 N–H and O–H groups in total. The minimum atomic E-state index is -0.793. The SMILES string of the molecule is OC1c2ccccc2COc2ccc(OCc3ccc4cc(F)c(Cl)cc4n3)cc21. The molecule has 3 aromatic carbocycles. The Bertz CT molecular complexity index is 1260. The summed E-state index contributed by atoms with van der Waals surface area (Å²) >= 11 is 5.86. The van der Waals surface area contributed by atoms with Gasteiger partial charge in [0.15, 0.2) is 0 Å². The Morgan fingerprint density at radius 2 is 1.93 bits per heavy atom. The molecule has 6 heteroatoms. The summed E-state index contributed by atoms with van der Waals surface area (Å²) in [4.78, 5) is 4.49. The summed E-state index contributed by atoms with van der Waals surface area (Å²) in [6.07, 6.45) is -0.793. The lowest BCUT2D eigenvalue weighted by Gasteiger charge is -2.15. The molecule has 2 heterocycles. The van der Waals surface area contributed by atoms with Gasteiger partial charge in [-0.25, -0.2) is 9.37 Å². The number of aliphatic hydroxyl groups is 1. The Morgan fingerprint density at radius 3 is 2.83 bits per heavy atom. The summed E-state index contributed by atoms with van der Waals surface area (Å²) in [7, 11) is 0. The van der Waals surface area contributed by atoms with Crippen molar-refractivity contribution in [1.29, 1.82) is 0 Å². The standard InChI is InChI=1S/C24H17ClFNO3/c25-20-11-22-14(9-21(20)26)5-6-16(27-22)13-29-17-7-8-23-19(10-17)24(28)18-4-2-1-3-15(18)12-30-23/h1-11,24,28H,12-13H2. The molecule has 1 aromatic heterocycles. The Kier molecular flexibility index (Phi) is 4.77. The van der Waals surface area contributed by atoms with Crippen LogP contribution >= 0.6 is 11.6 Å². The molecule has 0 bridgehead atoms. The van der Waals surface area contributed by atoms with E-state index in [2.05, 4.69) is 4.98 Å². The fraction of sp³-hybridized carbons (Fsp3) is 0.125. The zero-order chi connectivity index (χ0) is 20.7. The van der Waals surface area contributed by atoms with E-state index in [0.717, 1.165) is 11.1 Å². The average molecular weight is 422 g/mol. The van der Waals surface area contributed by atoms with Crippen molar-refractivity contribution >= 4 is 22.5 Å². The van der Waals surface area contributed by atoms with E-state index in [9.17, 15) is 9.50 Å². The highest BCUT2D eigenvalue weighted by atomic mass is 35.5. The van der Waals surface area contributed by atoms with Crippen LogP contribution in [0.1, 0.15) is 28.5 Å². The number of rotatable bonds is 3. The highest BCUT2D eigenvalue weighted by molar-refractivity contribution is 6.31. The number of halogens is 2. The second-order valence-corrected chi connectivity index (χ2v) is 7.55. The van der Waals surface area contributed by atoms with Gasteiger partial charge in [-0.3, -0.25) is 0 Å². The highest BCUT2D eigenvalue weighted by Crippen LogP contribution is 2.37. The molecule has 0 amide bonds. The number of ether oxygens (including phenoxy) is 2. The molecule has 4 aromatic rings. The van der Waals surface area contributed by atoms with Crippen molar-refractivity contribution in [1.82, 2.24) is 4.98 Å². The molecule has 1 aliphatic heterocycles. The Morgan fingerprint density at radius 1 is 1.07 bits per heavy atom. The minimum Gasteiger partial charge on any atom is -0.488 e. The van der Waals surface area contributed by atoms with Crippen LogP contribution < -0.4 is 9.47 Å². The van der Waals surface area contributed by atoms with Crippen molar-refractivity contribution in [3.8, 4) is 11.5 Å². The van der Waals surface area contributed by atoms with Gasteiger partial charge in [-0.05, 0) is 47.5 Å². The van der Waals surface area contributed by atoms with E-state index in [1.54, 1.807) is 30.3 Å². The van der Waals surface area contributed by atoms with E-state index < -0.39 is 11.9 Å². The molecule has 0 fully saturated rings. The number of benzene rings is 3. The zero-order valence-electron chi connectivity index (χ0n) is 15.8. The van der Waals surface area contributed by atoms with Gasteiger partial charge in [-0.1, -0.05) is 41.9 Å². The summed E-state index contributed by atoms with van der Waals surface area (Å²) in [5.41, 5.74) is 3.73. The van der Waals surface area contributed by atoms with Crippen molar-refractivity contribution in [2.75, 3.05) is 0 Å². The molecular formula is C24H17ClFNO3. The predicted octanol–water partition coefficient (Wildman–Crippen LogP) is 5.58. The van der Waals surface area contributed by atoms with Gasteiger partial charge in [-0.15, -0.1) is 0 Å². The molecule has 0 radical (unpaired) electrons. The molecule has 0 saturated carbocycles. The molecule has 0 spiro atoms. The third-order valence-electron chi connectivity index (χ3n) is 5.18. The van der Waals surface area contributed by atoms with Crippen LogP contribution in [0.5, 0.6) is 11.5 Å². The fourth-order valence-electron chi connectivity index (χ4n) is 3.61. The Hall–Kier alpha value is -3.15. The fourth-order valence-corrected chi connectivity index (χ4v) is 3.77. The van der Waals surface area contributed by atoms with Gasteiger partial charge in [0.25, 0.3) is 0 Å². The highest BCUT2D eigenvalue weighted by Gasteiger charge is 2.23. The van der Waals surface area contributed by atoms with Crippen LogP contribution in [0.2, 0.25) is 5.02 Å². The number of pyridine rings is 1. The number of fused-ring (bicyclic) bond motifs is 3. The van der Waals surface area contributed by atoms with Crippen molar-refractivity contribution in [3.05, 3.63) is 100.0 Å². The molecule has 5 rings (SSSR count). The third-order valence-corrected chi connectivity index (χ3v) is 5.47. The minimum absolute atomic E-state index is 0.0353. The Labute approximate surface area is 177 Å². The van der Waals surface area contributed by atoms with Gasteiger partial charge >= 0.3 is 0 Å². The molecule has 4 nitrogen and oxygen atoms in total. The molecule has 0 saturated heterocycles.